The summed E-state index contributed by atoms with van der Waals surface area (Å²) in [4.78, 5) is 18.1. The van der Waals surface area contributed by atoms with Gasteiger partial charge >= 0.3 is 0 Å². The van der Waals surface area contributed by atoms with Crippen LogP contribution < -0.4 is 10.6 Å². The lowest BCUT2D eigenvalue weighted by Crippen LogP contribution is -2.39. The lowest BCUT2D eigenvalue weighted by molar-refractivity contribution is -0.127. The van der Waals surface area contributed by atoms with Crippen molar-refractivity contribution in [2.24, 2.45) is 4.99 Å². The third-order valence-corrected chi connectivity index (χ3v) is 4.02. The summed E-state index contributed by atoms with van der Waals surface area (Å²) in [5.74, 6) is 1.09. The van der Waals surface area contributed by atoms with E-state index in [0.717, 1.165) is 38.4 Å². The van der Waals surface area contributed by atoms with Crippen molar-refractivity contribution in [2.45, 2.75) is 32.8 Å². The van der Waals surface area contributed by atoms with Gasteiger partial charge in [-0.05, 0) is 25.3 Å². The van der Waals surface area contributed by atoms with Gasteiger partial charge in [-0.2, -0.15) is 0 Å². The van der Waals surface area contributed by atoms with Gasteiger partial charge < -0.3 is 20.3 Å². The highest BCUT2D eigenvalue weighted by molar-refractivity contribution is 5.79. The normalized spacial score (nSPS) is 14.8. The Hall–Kier alpha value is -2.08. The maximum atomic E-state index is 11.6. The molecule has 0 unspecified atom stereocenters. The second-order valence-electron chi connectivity index (χ2n) is 6.06. The van der Waals surface area contributed by atoms with Gasteiger partial charge in [-0.1, -0.05) is 30.3 Å². The van der Waals surface area contributed by atoms with E-state index in [1.54, 1.807) is 0 Å². The molecule has 1 aliphatic heterocycles. The minimum atomic E-state index is 0.282. The number of aliphatic imine (C=N–C) groups is 1. The van der Waals surface area contributed by atoms with Crippen LogP contribution in [0, 0.1) is 0 Å². The average Bonchev–Trinajstić information content (AvgIpc) is 3.04. The molecule has 1 aliphatic rings. The third-order valence-electron chi connectivity index (χ3n) is 4.02. The van der Waals surface area contributed by atoms with Crippen molar-refractivity contribution in [1.29, 1.82) is 0 Å². The van der Waals surface area contributed by atoms with E-state index in [-0.39, 0.29) is 5.91 Å². The molecule has 1 amide bonds. The number of amides is 1. The highest BCUT2D eigenvalue weighted by Gasteiger charge is 2.18. The highest BCUT2D eigenvalue weighted by atomic mass is 16.5. The highest BCUT2D eigenvalue weighted by Crippen LogP contribution is 2.09. The first kappa shape index (κ1) is 19.2. The molecule has 1 aromatic rings. The van der Waals surface area contributed by atoms with E-state index in [9.17, 15) is 4.79 Å². The lowest BCUT2D eigenvalue weighted by atomic mass is 10.2. The number of hydrogen-bond donors (Lipinski definition) is 2. The third kappa shape index (κ3) is 7.56. The van der Waals surface area contributed by atoms with Crippen LogP contribution in [0.1, 0.15) is 31.7 Å². The molecule has 138 valence electrons. The van der Waals surface area contributed by atoms with E-state index in [1.807, 2.05) is 30.0 Å². The second kappa shape index (κ2) is 11.5. The van der Waals surface area contributed by atoms with Crippen LogP contribution in [-0.2, 0) is 16.1 Å². The summed E-state index contributed by atoms with van der Waals surface area (Å²) >= 11 is 0. The Morgan fingerprint density at radius 1 is 1.28 bits per heavy atom. The van der Waals surface area contributed by atoms with E-state index in [4.69, 9.17) is 4.74 Å². The molecule has 0 aliphatic carbocycles. The number of benzene rings is 1. The molecule has 25 heavy (non-hydrogen) atoms. The van der Waals surface area contributed by atoms with Crippen molar-refractivity contribution in [3.8, 4) is 0 Å². The van der Waals surface area contributed by atoms with E-state index in [0.29, 0.717) is 32.7 Å². The number of carbonyl (C=O) groups is 1. The quantitative estimate of drug-likeness (QED) is 0.385. The molecule has 1 saturated heterocycles. The Morgan fingerprint density at radius 3 is 2.84 bits per heavy atom. The smallest absolute Gasteiger partial charge is 0.222 e. The van der Waals surface area contributed by atoms with Crippen LogP contribution in [-0.4, -0.2) is 56.1 Å². The van der Waals surface area contributed by atoms with Crippen molar-refractivity contribution in [3.05, 3.63) is 35.9 Å². The van der Waals surface area contributed by atoms with E-state index in [2.05, 4.69) is 27.8 Å². The number of rotatable bonds is 10. The zero-order chi connectivity index (χ0) is 17.7. The maximum absolute atomic E-state index is 11.6. The Kier molecular flexibility index (Phi) is 8.83. The first-order valence-corrected chi connectivity index (χ1v) is 9.21. The van der Waals surface area contributed by atoms with Crippen molar-refractivity contribution < 1.29 is 9.53 Å². The summed E-state index contributed by atoms with van der Waals surface area (Å²) in [7, 11) is 0. The first-order chi connectivity index (χ1) is 12.3. The molecule has 0 spiro atoms. The van der Waals surface area contributed by atoms with Crippen LogP contribution in [0.25, 0.3) is 0 Å². The van der Waals surface area contributed by atoms with Gasteiger partial charge in [0.25, 0.3) is 0 Å². The monoisotopic (exact) mass is 346 g/mol. The lowest BCUT2D eigenvalue weighted by Gasteiger charge is -2.15. The second-order valence-corrected chi connectivity index (χ2v) is 6.06. The summed E-state index contributed by atoms with van der Waals surface area (Å²) in [5, 5.41) is 6.51. The van der Waals surface area contributed by atoms with Crippen LogP contribution in [0.3, 0.4) is 0 Å². The van der Waals surface area contributed by atoms with Gasteiger partial charge in [0.15, 0.2) is 5.96 Å². The van der Waals surface area contributed by atoms with Gasteiger partial charge in [-0.25, -0.2) is 0 Å². The fraction of sp³-hybridized carbons (Fsp3) is 0.579. The van der Waals surface area contributed by atoms with E-state index < -0.39 is 0 Å². The van der Waals surface area contributed by atoms with Crippen LogP contribution in [0.2, 0.25) is 0 Å². The predicted molar refractivity (Wildman–Crippen MR) is 101 cm³/mol. The molecule has 2 rings (SSSR count). The number of likely N-dealkylation sites (tertiary alicyclic amines) is 1. The Morgan fingerprint density at radius 2 is 2.12 bits per heavy atom. The number of nitrogens with zero attached hydrogens (tertiary/aromatic N) is 2. The van der Waals surface area contributed by atoms with Crippen LogP contribution in [0.5, 0.6) is 0 Å². The predicted octanol–water partition coefficient (Wildman–Crippen LogP) is 1.77. The Labute approximate surface area is 150 Å². The molecule has 0 aromatic heterocycles. The van der Waals surface area contributed by atoms with Gasteiger partial charge in [0.2, 0.25) is 5.91 Å². The minimum Gasteiger partial charge on any atom is -0.375 e. The maximum Gasteiger partial charge on any atom is 0.222 e. The summed E-state index contributed by atoms with van der Waals surface area (Å²) < 4.78 is 5.66. The number of guanidine groups is 1. The average molecular weight is 346 g/mol. The topological polar surface area (TPSA) is 66.0 Å². The molecule has 0 atom stereocenters. The van der Waals surface area contributed by atoms with Gasteiger partial charge in [0.1, 0.15) is 0 Å². The molecule has 6 heteroatoms. The van der Waals surface area contributed by atoms with E-state index >= 15 is 0 Å². The summed E-state index contributed by atoms with van der Waals surface area (Å²) in [6, 6.07) is 10.2. The first-order valence-electron chi connectivity index (χ1n) is 9.21. The van der Waals surface area contributed by atoms with Crippen LogP contribution in [0.4, 0.5) is 0 Å². The summed E-state index contributed by atoms with van der Waals surface area (Å²) in [6.07, 6.45) is 2.60. The number of hydrogen-bond acceptors (Lipinski definition) is 3. The largest absolute Gasteiger partial charge is 0.375 e. The number of ether oxygens (including phenoxy) is 1. The molecule has 2 N–H and O–H groups in total. The molecule has 0 radical (unpaired) electrons. The molecule has 1 fully saturated rings. The Balaban J connectivity index is 1.59. The summed E-state index contributed by atoms with van der Waals surface area (Å²) in [5.41, 5.74) is 1.18. The molecule has 1 heterocycles. The SMILES string of the molecule is CCNC(=NCCCN1CCCC1=O)NCCOCc1ccccc1. The molecular weight excluding hydrogens is 316 g/mol. The number of carbonyl (C=O) groups excluding carboxylic acids is 1. The molecule has 0 bridgehead atoms. The molecule has 6 nitrogen and oxygen atoms in total. The fourth-order valence-electron chi connectivity index (χ4n) is 2.74. The fourth-order valence-corrected chi connectivity index (χ4v) is 2.74. The molecule has 1 aromatic carbocycles. The van der Waals surface area contributed by atoms with Crippen molar-refractivity contribution in [2.75, 3.05) is 39.3 Å². The molecular formula is C19H30N4O2. The standard InChI is InChI=1S/C19H30N4O2/c1-2-20-19(21-11-7-14-23-13-6-10-18(23)24)22-12-15-25-16-17-8-4-3-5-9-17/h3-5,8-9H,2,6-7,10-16H2,1H3,(H2,20,21,22). The van der Waals surface area contributed by atoms with Crippen molar-refractivity contribution in [3.63, 3.8) is 0 Å². The van der Waals surface area contributed by atoms with Gasteiger partial charge in [-0.3, -0.25) is 9.79 Å². The van der Waals surface area contributed by atoms with Crippen molar-refractivity contribution in [1.82, 2.24) is 15.5 Å². The summed E-state index contributed by atoms with van der Waals surface area (Å²) in [6.45, 7) is 7.25. The van der Waals surface area contributed by atoms with Gasteiger partial charge in [0, 0.05) is 39.1 Å². The van der Waals surface area contributed by atoms with Crippen LogP contribution in [0.15, 0.2) is 35.3 Å². The van der Waals surface area contributed by atoms with Gasteiger partial charge in [-0.15, -0.1) is 0 Å². The Bertz CT molecular complexity index is 533. The number of nitrogens with one attached hydrogen (secondary N) is 2. The minimum absolute atomic E-state index is 0.282. The van der Waals surface area contributed by atoms with Crippen molar-refractivity contribution >= 4 is 11.9 Å². The zero-order valence-corrected chi connectivity index (χ0v) is 15.2. The van der Waals surface area contributed by atoms with Gasteiger partial charge in [0.05, 0.1) is 13.2 Å². The van der Waals surface area contributed by atoms with E-state index in [1.165, 1.54) is 5.56 Å². The molecule has 0 saturated carbocycles. The van der Waals surface area contributed by atoms with Crippen LogP contribution >= 0.6 is 0 Å². The zero-order valence-electron chi connectivity index (χ0n) is 15.2.